The van der Waals surface area contributed by atoms with Gasteiger partial charge in [0.05, 0.1) is 13.2 Å². The molecule has 0 N–H and O–H groups in total. The number of ether oxygens (including phenoxy) is 2. The predicted octanol–water partition coefficient (Wildman–Crippen LogP) is 5.62. The minimum Gasteiger partial charge on any atom is -0.462 e. The van der Waals surface area contributed by atoms with E-state index in [-0.39, 0.29) is 35.9 Å². The van der Waals surface area contributed by atoms with Gasteiger partial charge in [0, 0.05) is 16.1 Å². The van der Waals surface area contributed by atoms with E-state index >= 15 is 0 Å². The maximum absolute atomic E-state index is 12.8. The van der Waals surface area contributed by atoms with Crippen LogP contribution in [0.15, 0.2) is 59.0 Å². The molecule has 2 aromatic carbocycles. The fourth-order valence-electron chi connectivity index (χ4n) is 2.82. The monoisotopic (exact) mass is 398 g/mol. The first-order valence-electron chi connectivity index (χ1n) is 8.89. The topological polar surface area (TPSA) is 65.7 Å². The van der Waals surface area contributed by atoms with Gasteiger partial charge in [-0.1, -0.05) is 41.9 Å². The quantitative estimate of drug-likeness (QED) is 0.504. The number of rotatable bonds is 6. The predicted molar refractivity (Wildman–Crippen MR) is 107 cm³/mol. The summed E-state index contributed by atoms with van der Waals surface area (Å²) >= 11 is 5.98. The van der Waals surface area contributed by atoms with Crippen LogP contribution in [0, 0.1) is 0 Å². The van der Waals surface area contributed by atoms with Gasteiger partial charge in [-0.15, -0.1) is 0 Å². The van der Waals surface area contributed by atoms with Gasteiger partial charge in [0.25, 0.3) is 0 Å². The molecular formula is C22H19ClO5. The van der Waals surface area contributed by atoms with Crippen LogP contribution in [0.5, 0.6) is 0 Å². The Labute approximate surface area is 167 Å². The van der Waals surface area contributed by atoms with Crippen LogP contribution < -0.4 is 0 Å². The van der Waals surface area contributed by atoms with Gasteiger partial charge in [-0.2, -0.15) is 0 Å². The second-order valence-electron chi connectivity index (χ2n) is 5.82. The highest BCUT2D eigenvalue weighted by Gasteiger charge is 2.33. The smallest absolute Gasteiger partial charge is 0.342 e. The van der Waals surface area contributed by atoms with Gasteiger partial charge >= 0.3 is 11.9 Å². The highest BCUT2D eigenvalue weighted by atomic mass is 35.5. The Balaban J connectivity index is 2.30. The summed E-state index contributed by atoms with van der Waals surface area (Å²) in [5.74, 6) is -0.807. The number of esters is 2. The molecule has 6 heteroatoms. The lowest BCUT2D eigenvalue weighted by Crippen LogP contribution is -2.13. The standard InChI is InChI=1S/C22H19ClO5/c1-3-26-21(24)17-18(22(25)27-4-2)20(15-10-12-16(23)13-11-15)28-19(17)14-8-6-5-7-9-14/h5-13H,3-4H2,1-2H3. The molecule has 5 nitrogen and oxygen atoms in total. The summed E-state index contributed by atoms with van der Waals surface area (Å²) in [7, 11) is 0. The molecule has 0 aliphatic rings. The van der Waals surface area contributed by atoms with Crippen LogP contribution >= 0.6 is 11.6 Å². The average Bonchev–Trinajstić information content (AvgIpc) is 3.10. The van der Waals surface area contributed by atoms with E-state index in [1.54, 1.807) is 50.2 Å². The number of carbonyl (C=O) groups is 2. The van der Waals surface area contributed by atoms with Gasteiger partial charge in [-0.05, 0) is 38.1 Å². The Morgan fingerprint density at radius 3 is 1.71 bits per heavy atom. The first kappa shape index (κ1) is 19.7. The molecule has 0 aliphatic carbocycles. The van der Waals surface area contributed by atoms with Crippen molar-refractivity contribution >= 4 is 23.5 Å². The summed E-state index contributed by atoms with van der Waals surface area (Å²) in [5, 5.41) is 0.543. The Morgan fingerprint density at radius 1 is 0.786 bits per heavy atom. The molecule has 0 saturated carbocycles. The number of benzene rings is 2. The van der Waals surface area contributed by atoms with Gasteiger partial charge in [-0.3, -0.25) is 0 Å². The lowest BCUT2D eigenvalue weighted by Gasteiger charge is -2.06. The van der Waals surface area contributed by atoms with Crippen molar-refractivity contribution < 1.29 is 23.5 Å². The first-order valence-corrected chi connectivity index (χ1v) is 9.27. The van der Waals surface area contributed by atoms with Gasteiger partial charge in [0.2, 0.25) is 0 Å². The highest BCUT2D eigenvalue weighted by molar-refractivity contribution is 6.30. The van der Waals surface area contributed by atoms with Crippen molar-refractivity contribution in [1.29, 1.82) is 0 Å². The summed E-state index contributed by atoms with van der Waals surface area (Å²) in [6.07, 6.45) is 0. The van der Waals surface area contributed by atoms with E-state index in [0.29, 0.717) is 16.1 Å². The summed E-state index contributed by atoms with van der Waals surface area (Å²) in [6.45, 7) is 3.72. The minimum absolute atomic E-state index is 0.0430. The maximum atomic E-state index is 12.8. The largest absolute Gasteiger partial charge is 0.462 e. The molecule has 0 unspecified atom stereocenters. The average molecular weight is 399 g/mol. The molecule has 0 spiro atoms. The third-order valence-electron chi connectivity index (χ3n) is 4.01. The Morgan fingerprint density at radius 2 is 1.25 bits per heavy atom. The van der Waals surface area contributed by atoms with Crippen molar-refractivity contribution in [3.8, 4) is 22.6 Å². The summed E-state index contributed by atoms with van der Waals surface area (Å²) in [4.78, 5) is 25.5. The second-order valence-corrected chi connectivity index (χ2v) is 6.26. The van der Waals surface area contributed by atoms with E-state index in [1.807, 2.05) is 18.2 Å². The molecule has 0 amide bonds. The van der Waals surface area contributed by atoms with E-state index in [2.05, 4.69) is 0 Å². The Hall–Kier alpha value is -3.05. The lowest BCUT2D eigenvalue weighted by molar-refractivity contribution is 0.0481. The molecule has 28 heavy (non-hydrogen) atoms. The maximum Gasteiger partial charge on any atom is 0.342 e. The van der Waals surface area contributed by atoms with E-state index in [1.165, 1.54) is 0 Å². The highest BCUT2D eigenvalue weighted by Crippen LogP contribution is 2.38. The Kier molecular flexibility index (Phi) is 6.16. The molecule has 0 fully saturated rings. The van der Waals surface area contributed by atoms with Crippen LogP contribution in [0.1, 0.15) is 34.6 Å². The number of hydrogen-bond donors (Lipinski definition) is 0. The molecule has 3 aromatic rings. The summed E-state index contributed by atoms with van der Waals surface area (Å²) in [5.41, 5.74) is 1.34. The second kappa shape index (κ2) is 8.76. The number of furan rings is 1. The molecule has 0 atom stereocenters. The van der Waals surface area contributed by atoms with Crippen LogP contribution in [0.2, 0.25) is 5.02 Å². The zero-order chi connectivity index (χ0) is 20.1. The van der Waals surface area contributed by atoms with E-state index in [9.17, 15) is 9.59 Å². The molecule has 3 rings (SSSR count). The van der Waals surface area contributed by atoms with Crippen LogP contribution in [-0.2, 0) is 9.47 Å². The molecule has 1 aromatic heterocycles. The summed E-state index contributed by atoms with van der Waals surface area (Å²) in [6, 6.07) is 15.9. The van der Waals surface area contributed by atoms with Crippen LogP contribution in [0.25, 0.3) is 22.6 Å². The van der Waals surface area contributed by atoms with E-state index in [4.69, 9.17) is 25.5 Å². The van der Waals surface area contributed by atoms with Gasteiger partial charge in [-0.25, -0.2) is 9.59 Å². The minimum atomic E-state index is -0.651. The van der Waals surface area contributed by atoms with Crippen molar-refractivity contribution in [3.63, 3.8) is 0 Å². The van der Waals surface area contributed by atoms with Gasteiger partial charge in [0.15, 0.2) is 0 Å². The van der Waals surface area contributed by atoms with Crippen LogP contribution in [0.4, 0.5) is 0 Å². The van der Waals surface area contributed by atoms with Crippen molar-refractivity contribution in [2.45, 2.75) is 13.8 Å². The van der Waals surface area contributed by atoms with Gasteiger partial charge in [0.1, 0.15) is 22.6 Å². The third kappa shape index (κ3) is 3.94. The zero-order valence-corrected chi connectivity index (χ0v) is 16.3. The fourth-order valence-corrected chi connectivity index (χ4v) is 2.95. The molecule has 0 aliphatic heterocycles. The van der Waals surface area contributed by atoms with Crippen LogP contribution in [0.3, 0.4) is 0 Å². The SMILES string of the molecule is CCOC(=O)c1c(-c2ccccc2)oc(-c2ccc(Cl)cc2)c1C(=O)OCC. The first-order chi connectivity index (χ1) is 13.6. The normalized spacial score (nSPS) is 10.5. The molecule has 144 valence electrons. The molecule has 1 heterocycles. The van der Waals surface area contributed by atoms with Crippen molar-refractivity contribution in [2.75, 3.05) is 13.2 Å². The van der Waals surface area contributed by atoms with Crippen molar-refractivity contribution in [1.82, 2.24) is 0 Å². The fraction of sp³-hybridized carbons (Fsp3) is 0.182. The lowest BCUT2D eigenvalue weighted by atomic mass is 10.0. The molecule has 0 radical (unpaired) electrons. The molecule has 0 bridgehead atoms. The number of hydrogen-bond acceptors (Lipinski definition) is 5. The summed E-state index contributed by atoms with van der Waals surface area (Å²) < 4.78 is 16.4. The number of halogens is 1. The third-order valence-corrected chi connectivity index (χ3v) is 4.26. The van der Waals surface area contributed by atoms with E-state index in [0.717, 1.165) is 0 Å². The van der Waals surface area contributed by atoms with Gasteiger partial charge < -0.3 is 13.9 Å². The van der Waals surface area contributed by atoms with E-state index < -0.39 is 11.9 Å². The van der Waals surface area contributed by atoms with Crippen molar-refractivity contribution in [3.05, 3.63) is 70.7 Å². The van der Waals surface area contributed by atoms with Crippen molar-refractivity contribution in [2.24, 2.45) is 0 Å². The molecule has 0 saturated heterocycles. The van der Waals surface area contributed by atoms with Crippen LogP contribution in [-0.4, -0.2) is 25.2 Å². The zero-order valence-electron chi connectivity index (χ0n) is 15.5. The number of carbonyl (C=O) groups excluding carboxylic acids is 2. The Bertz CT molecular complexity index is 974. The molecular weight excluding hydrogens is 380 g/mol.